The Morgan fingerprint density at radius 3 is 2.68 bits per heavy atom. The molecule has 28 heavy (non-hydrogen) atoms. The summed E-state index contributed by atoms with van der Waals surface area (Å²) in [6.45, 7) is 0.742. The predicted molar refractivity (Wildman–Crippen MR) is 106 cm³/mol. The Hall–Kier alpha value is -2.76. The highest BCUT2D eigenvalue weighted by Crippen LogP contribution is 2.68. The van der Waals surface area contributed by atoms with Crippen LogP contribution in [0.5, 0.6) is 0 Å². The van der Waals surface area contributed by atoms with Crippen molar-refractivity contribution < 1.29 is 15.0 Å². The summed E-state index contributed by atoms with van der Waals surface area (Å²) in [6, 6.07) is 19.5. The maximum Gasteiger partial charge on any atom is 0.255 e. The summed E-state index contributed by atoms with van der Waals surface area (Å²) < 4.78 is 0. The minimum Gasteiger partial charge on any atom is -0.396 e. The lowest BCUT2D eigenvalue weighted by atomic mass is 9.95. The summed E-state index contributed by atoms with van der Waals surface area (Å²) in [7, 11) is 0. The molecule has 0 bridgehead atoms. The molecule has 1 saturated heterocycles. The SMILES string of the molecule is O=C(c1cnc2ccccc2c1)N1C[C@@H](O)[C@@]2(C1)[C@H](CO)[C@H]2c1ccccc1. The number of para-hydroxylation sites is 1. The molecule has 2 aromatic carbocycles. The predicted octanol–water partition coefficient (Wildman–Crippen LogP) is 2.44. The van der Waals surface area contributed by atoms with Crippen molar-refractivity contribution in [3.63, 3.8) is 0 Å². The lowest BCUT2D eigenvalue weighted by Crippen LogP contribution is -2.29. The van der Waals surface area contributed by atoms with Crippen molar-refractivity contribution in [3.8, 4) is 0 Å². The molecule has 1 aliphatic carbocycles. The molecule has 3 aromatic rings. The Bertz CT molecular complexity index is 1040. The molecule has 1 amide bonds. The number of aliphatic hydroxyl groups excluding tert-OH is 2. The van der Waals surface area contributed by atoms with Crippen LogP contribution in [0.3, 0.4) is 0 Å². The van der Waals surface area contributed by atoms with Gasteiger partial charge in [0.15, 0.2) is 0 Å². The highest BCUT2D eigenvalue weighted by molar-refractivity contribution is 5.97. The summed E-state index contributed by atoms with van der Waals surface area (Å²) in [4.78, 5) is 19.2. The van der Waals surface area contributed by atoms with E-state index in [1.54, 1.807) is 11.1 Å². The molecule has 1 spiro atoms. The molecule has 2 fully saturated rings. The number of carbonyl (C=O) groups excluding carboxylic acids is 1. The van der Waals surface area contributed by atoms with Gasteiger partial charge < -0.3 is 15.1 Å². The molecule has 2 aliphatic rings. The van der Waals surface area contributed by atoms with Crippen LogP contribution in [0.1, 0.15) is 21.8 Å². The zero-order valence-electron chi connectivity index (χ0n) is 15.4. The lowest BCUT2D eigenvalue weighted by Gasteiger charge is -2.17. The van der Waals surface area contributed by atoms with E-state index in [0.717, 1.165) is 16.5 Å². The van der Waals surface area contributed by atoms with Gasteiger partial charge in [-0.05, 0) is 29.5 Å². The van der Waals surface area contributed by atoms with Gasteiger partial charge in [0.1, 0.15) is 0 Å². The van der Waals surface area contributed by atoms with E-state index < -0.39 is 11.5 Å². The van der Waals surface area contributed by atoms with Gasteiger partial charge in [-0.15, -0.1) is 0 Å². The third kappa shape index (κ3) is 2.47. The number of carbonyl (C=O) groups is 1. The number of fused-ring (bicyclic) bond motifs is 1. The van der Waals surface area contributed by atoms with Crippen LogP contribution in [-0.4, -0.2) is 51.8 Å². The molecule has 5 heteroatoms. The third-order valence-corrected chi connectivity index (χ3v) is 6.52. The zero-order valence-corrected chi connectivity index (χ0v) is 15.4. The standard InChI is InChI=1S/C23H22N2O3/c26-13-18-21(15-6-2-1-3-7-15)23(18)14-25(12-20(23)27)22(28)17-10-16-8-4-5-9-19(16)24-11-17/h1-11,18,20-21,26-27H,12-14H2/t18-,20-,21-,23-/m1/s1. The van der Waals surface area contributed by atoms with Crippen LogP contribution < -0.4 is 0 Å². The summed E-state index contributed by atoms with van der Waals surface area (Å²) >= 11 is 0. The summed E-state index contributed by atoms with van der Waals surface area (Å²) in [5.74, 6) is -0.0803. The molecule has 142 valence electrons. The van der Waals surface area contributed by atoms with Crippen molar-refractivity contribution in [2.75, 3.05) is 19.7 Å². The quantitative estimate of drug-likeness (QED) is 0.739. The average Bonchev–Trinajstić information content (AvgIpc) is 3.28. The van der Waals surface area contributed by atoms with Crippen LogP contribution in [0.2, 0.25) is 0 Å². The van der Waals surface area contributed by atoms with Crippen molar-refractivity contribution in [1.82, 2.24) is 9.88 Å². The van der Waals surface area contributed by atoms with E-state index >= 15 is 0 Å². The summed E-state index contributed by atoms with van der Waals surface area (Å²) in [6.07, 6.45) is 0.958. The first kappa shape index (κ1) is 17.3. The summed E-state index contributed by atoms with van der Waals surface area (Å²) in [5, 5.41) is 21.7. The number of β-amino-alcohol motifs (C(OH)–C–C–N with tert-alkyl or cyclic N) is 1. The molecule has 0 unspecified atom stereocenters. The fourth-order valence-electron chi connectivity index (χ4n) is 5.09. The highest BCUT2D eigenvalue weighted by Gasteiger charge is 2.71. The fourth-order valence-corrected chi connectivity index (χ4v) is 5.09. The monoisotopic (exact) mass is 374 g/mol. The van der Waals surface area contributed by atoms with Gasteiger partial charge in [-0.25, -0.2) is 0 Å². The molecular formula is C23H22N2O3. The Kier molecular flexibility index (Phi) is 3.96. The number of nitrogens with zero attached hydrogens (tertiary/aromatic N) is 2. The largest absolute Gasteiger partial charge is 0.396 e. The Morgan fingerprint density at radius 1 is 1.14 bits per heavy atom. The van der Waals surface area contributed by atoms with Gasteiger partial charge in [-0.2, -0.15) is 0 Å². The van der Waals surface area contributed by atoms with Crippen LogP contribution in [0.4, 0.5) is 0 Å². The first-order valence-electron chi connectivity index (χ1n) is 9.63. The van der Waals surface area contributed by atoms with Gasteiger partial charge in [-0.1, -0.05) is 48.5 Å². The first-order chi connectivity index (χ1) is 13.6. The Morgan fingerprint density at radius 2 is 1.89 bits per heavy atom. The highest BCUT2D eigenvalue weighted by atomic mass is 16.3. The number of aromatic nitrogens is 1. The second kappa shape index (κ2) is 6.40. The van der Waals surface area contributed by atoms with Crippen LogP contribution in [0.15, 0.2) is 66.9 Å². The maximum atomic E-state index is 13.1. The fraction of sp³-hybridized carbons (Fsp3) is 0.304. The van der Waals surface area contributed by atoms with Gasteiger partial charge in [0, 0.05) is 36.7 Å². The number of aliphatic hydroxyl groups is 2. The number of benzene rings is 2. The topological polar surface area (TPSA) is 73.7 Å². The molecule has 2 N–H and O–H groups in total. The second-order valence-corrected chi connectivity index (χ2v) is 7.91. The van der Waals surface area contributed by atoms with Gasteiger partial charge in [0.05, 0.1) is 17.2 Å². The van der Waals surface area contributed by atoms with E-state index in [0.29, 0.717) is 12.1 Å². The van der Waals surface area contributed by atoms with E-state index in [1.807, 2.05) is 60.7 Å². The normalized spacial score (nSPS) is 28.8. The Labute approximate surface area is 163 Å². The molecule has 5 nitrogen and oxygen atoms in total. The number of pyridine rings is 1. The van der Waals surface area contributed by atoms with Gasteiger partial charge in [0.2, 0.25) is 0 Å². The van der Waals surface area contributed by atoms with E-state index in [1.165, 1.54) is 0 Å². The smallest absolute Gasteiger partial charge is 0.255 e. The summed E-state index contributed by atoms with van der Waals surface area (Å²) in [5.41, 5.74) is 2.03. The van der Waals surface area contributed by atoms with Gasteiger partial charge >= 0.3 is 0 Å². The second-order valence-electron chi connectivity index (χ2n) is 7.91. The number of likely N-dealkylation sites (tertiary alicyclic amines) is 1. The van der Waals surface area contributed by atoms with Crippen molar-refractivity contribution in [1.29, 1.82) is 0 Å². The average molecular weight is 374 g/mol. The van der Waals surface area contributed by atoms with E-state index in [4.69, 9.17) is 0 Å². The van der Waals surface area contributed by atoms with E-state index in [9.17, 15) is 15.0 Å². The molecule has 2 heterocycles. The van der Waals surface area contributed by atoms with Crippen molar-refractivity contribution in [2.45, 2.75) is 12.0 Å². The third-order valence-electron chi connectivity index (χ3n) is 6.52. The maximum absolute atomic E-state index is 13.1. The molecule has 1 aromatic heterocycles. The molecule has 0 radical (unpaired) electrons. The number of amides is 1. The minimum atomic E-state index is -0.646. The van der Waals surface area contributed by atoms with Crippen LogP contribution in [-0.2, 0) is 0 Å². The molecule has 4 atom stereocenters. The van der Waals surface area contributed by atoms with Gasteiger partial charge in [-0.3, -0.25) is 9.78 Å². The number of hydrogen-bond donors (Lipinski definition) is 2. The zero-order chi connectivity index (χ0) is 19.3. The van der Waals surface area contributed by atoms with E-state index in [-0.39, 0.29) is 30.9 Å². The van der Waals surface area contributed by atoms with Crippen molar-refractivity contribution in [3.05, 3.63) is 78.0 Å². The minimum absolute atomic E-state index is 0.0101. The molecular weight excluding hydrogens is 352 g/mol. The van der Waals surface area contributed by atoms with E-state index in [2.05, 4.69) is 4.98 Å². The Balaban J connectivity index is 1.43. The van der Waals surface area contributed by atoms with Crippen LogP contribution in [0, 0.1) is 11.3 Å². The molecule has 1 aliphatic heterocycles. The van der Waals surface area contributed by atoms with Crippen LogP contribution >= 0.6 is 0 Å². The molecule has 5 rings (SSSR count). The van der Waals surface area contributed by atoms with Gasteiger partial charge in [0.25, 0.3) is 5.91 Å². The molecule has 1 saturated carbocycles. The lowest BCUT2D eigenvalue weighted by molar-refractivity contribution is 0.0764. The number of hydrogen-bond acceptors (Lipinski definition) is 4. The van der Waals surface area contributed by atoms with Crippen LogP contribution in [0.25, 0.3) is 10.9 Å². The van der Waals surface area contributed by atoms with Crippen molar-refractivity contribution in [2.24, 2.45) is 11.3 Å². The van der Waals surface area contributed by atoms with Crippen molar-refractivity contribution >= 4 is 16.8 Å². The first-order valence-corrected chi connectivity index (χ1v) is 9.63. The number of rotatable bonds is 3.